The van der Waals surface area contributed by atoms with Crippen molar-refractivity contribution in [3.8, 4) is 0 Å². The van der Waals surface area contributed by atoms with Gasteiger partial charge in [0.25, 0.3) is 5.91 Å². The number of piperidine rings is 2. The fourth-order valence-electron chi connectivity index (χ4n) is 4.11. The number of nitrogens with zero attached hydrogens (tertiary/aromatic N) is 4. The highest BCUT2D eigenvalue weighted by Gasteiger charge is 2.45. The molecule has 3 unspecified atom stereocenters. The summed E-state index contributed by atoms with van der Waals surface area (Å²) >= 11 is 5.88. The van der Waals surface area contributed by atoms with Gasteiger partial charge < -0.3 is 21.1 Å². The number of benzene rings is 1. The lowest BCUT2D eigenvalue weighted by atomic mass is 9.95. The molecule has 0 aliphatic carbocycles. The largest absolute Gasteiger partial charge is 0.390 e. The Morgan fingerprint density at radius 2 is 1.91 bits per heavy atom. The first-order valence-electron chi connectivity index (χ1n) is 10.0. The van der Waals surface area contributed by atoms with Crippen molar-refractivity contribution in [3.63, 3.8) is 0 Å². The lowest BCUT2D eigenvalue weighted by Crippen LogP contribution is -2.64. The van der Waals surface area contributed by atoms with Crippen molar-refractivity contribution in [1.82, 2.24) is 14.9 Å². The van der Waals surface area contributed by atoms with E-state index >= 15 is 0 Å². The van der Waals surface area contributed by atoms with Gasteiger partial charge in [0, 0.05) is 23.8 Å². The normalized spacial score (nSPS) is 24.1. The highest BCUT2D eigenvalue weighted by atomic mass is 35.5. The minimum absolute atomic E-state index is 0.00930. The van der Waals surface area contributed by atoms with Gasteiger partial charge in [-0.2, -0.15) is 4.39 Å². The van der Waals surface area contributed by atoms with Gasteiger partial charge in [-0.05, 0) is 37.5 Å². The topological polar surface area (TPSA) is 125 Å². The molecule has 2 saturated heterocycles. The molecule has 1 aromatic heterocycles. The Balaban J connectivity index is 1.57. The second-order valence-corrected chi connectivity index (χ2v) is 8.15. The number of hydrogen-bond donors (Lipinski definition) is 3. The zero-order valence-electron chi connectivity index (χ0n) is 16.8. The molecule has 0 spiro atoms. The van der Waals surface area contributed by atoms with E-state index in [4.69, 9.17) is 17.3 Å². The number of carbonyl (C=O) groups excluding carboxylic acids is 2. The highest BCUT2D eigenvalue weighted by molar-refractivity contribution is 6.30. The smallest absolute Gasteiger partial charge is 0.253 e. The number of anilines is 3. The minimum atomic E-state index is -1.22. The zero-order valence-corrected chi connectivity index (χ0v) is 17.6. The van der Waals surface area contributed by atoms with Crippen LogP contribution in [0.3, 0.4) is 0 Å². The molecule has 2 aromatic rings. The molecular weight excluding hydrogens is 446 g/mol. The Bertz CT molecular complexity index is 1040. The monoisotopic (exact) mass is 466 g/mol. The molecule has 3 heterocycles. The summed E-state index contributed by atoms with van der Waals surface area (Å²) in [6.45, 7) is 0.242. The van der Waals surface area contributed by atoms with E-state index in [0.29, 0.717) is 18.5 Å². The molecule has 12 heteroatoms. The van der Waals surface area contributed by atoms with Crippen LogP contribution in [-0.2, 0) is 9.59 Å². The van der Waals surface area contributed by atoms with Crippen LogP contribution in [-0.4, -0.2) is 63.1 Å². The Morgan fingerprint density at radius 1 is 1.12 bits per heavy atom. The van der Waals surface area contributed by atoms with Gasteiger partial charge in [0.15, 0.2) is 11.6 Å². The number of aromatic nitrogens is 2. The summed E-state index contributed by atoms with van der Waals surface area (Å²) in [4.78, 5) is 36.1. The molecule has 0 radical (unpaired) electrons. The highest BCUT2D eigenvalue weighted by Crippen LogP contribution is 2.29. The molecular formula is C20H21ClF2N6O3. The van der Waals surface area contributed by atoms with E-state index in [2.05, 4.69) is 15.3 Å². The maximum Gasteiger partial charge on any atom is 0.253 e. The second kappa shape index (κ2) is 8.83. The molecule has 2 aliphatic heterocycles. The van der Waals surface area contributed by atoms with Gasteiger partial charge in [0.1, 0.15) is 24.2 Å². The van der Waals surface area contributed by atoms with Crippen molar-refractivity contribution in [2.24, 2.45) is 0 Å². The fourth-order valence-corrected chi connectivity index (χ4v) is 4.34. The summed E-state index contributed by atoms with van der Waals surface area (Å²) in [5, 5.41) is 13.7. The van der Waals surface area contributed by atoms with E-state index in [1.165, 1.54) is 17.0 Å². The summed E-state index contributed by atoms with van der Waals surface area (Å²) in [5.41, 5.74) is 5.81. The fraction of sp³-hybridized carbons (Fsp3) is 0.400. The number of rotatable bonds is 4. The number of carbonyl (C=O) groups is 2. The predicted octanol–water partition coefficient (Wildman–Crippen LogP) is 1.56. The van der Waals surface area contributed by atoms with E-state index in [-0.39, 0.29) is 30.4 Å². The molecule has 9 nitrogen and oxygen atoms in total. The van der Waals surface area contributed by atoms with Crippen molar-refractivity contribution < 1.29 is 23.5 Å². The van der Waals surface area contributed by atoms with Crippen molar-refractivity contribution in [2.75, 3.05) is 29.0 Å². The molecule has 2 fully saturated rings. The number of nitrogens with two attached hydrogens (primary N) is 1. The number of hydrogen-bond acceptors (Lipinski definition) is 7. The standard InChI is InChI=1S/C20H21ClF2N6O3/c21-10-6-11(22)8-12(7-10)27-13-2-1-4-28(19(13)31)16-14(30)3-5-29(20(16)32)18-15(23)17(24)25-9-26-18/h6-9,13-14,16,27,30H,1-5H2,(H2,24,25,26). The van der Waals surface area contributed by atoms with Crippen LogP contribution in [0.1, 0.15) is 19.3 Å². The average molecular weight is 467 g/mol. The Labute approximate surface area is 187 Å². The summed E-state index contributed by atoms with van der Waals surface area (Å²) < 4.78 is 28.1. The van der Waals surface area contributed by atoms with Crippen LogP contribution in [0.2, 0.25) is 5.02 Å². The third-order valence-corrected chi connectivity index (χ3v) is 5.82. The molecule has 2 amide bonds. The quantitative estimate of drug-likeness (QED) is 0.624. The number of aliphatic hydroxyl groups excluding tert-OH is 1. The van der Waals surface area contributed by atoms with Gasteiger partial charge in [-0.3, -0.25) is 14.5 Å². The Morgan fingerprint density at radius 3 is 2.66 bits per heavy atom. The molecule has 170 valence electrons. The number of nitrogens with one attached hydrogen (secondary N) is 1. The minimum Gasteiger partial charge on any atom is -0.390 e. The number of amides is 2. The third kappa shape index (κ3) is 4.17. The van der Waals surface area contributed by atoms with Gasteiger partial charge in [-0.1, -0.05) is 11.6 Å². The van der Waals surface area contributed by atoms with Gasteiger partial charge in [-0.25, -0.2) is 14.4 Å². The van der Waals surface area contributed by atoms with Crippen LogP contribution >= 0.6 is 11.6 Å². The van der Waals surface area contributed by atoms with Crippen LogP contribution in [0.15, 0.2) is 24.5 Å². The summed E-state index contributed by atoms with van der Waals surface area (Å²) in [6.07, 6.45) is 1.00. The third-order valence-electron chi connectivity index (χ3n) is 5.60. The lowest BCUT2D eigenvalue weighted by molar-refractivity contribution is -0.148. The van der Waals surface area contributed by atoms with Gasteiger partial charge in [0.05, 0.1) is 6.10 Å². The van der Waals surface area contributed by atoms with E-state index in [1.54, 1.807) is 0 Å². The molecule has 3 atom stereocenters. The number of aliphatic hydroxyl groups is 1. The molecule has 32 heavy (non-hydrogen) atoms. The molecule has 4 rings (SSSR count). The van der Waals surface area contributed by atoms with Crippen molar-refractivity contribution in [2.45, 2.75) is 37.5 Å². The van der Waals surface area contributed by atoms with Crippen molar-refractivity contribution in [3.05, 3.63) is 41.2 Å². The van der Waals surface area contributed by atoms with Crippen LogP contribution in [0.25, 0.3) is 0 Å². The van der Waals surface area contributed by atoms with E-state index in [1.807, 2.05) is 0 Å². The Kier molecular flexibility index (Phi) is 6.11. The van der Waals surface area contributed by atoms with Crippen LogP contribution in [0.4, 0.5) is 26.1 Å². The van der Waals surface area contributed by atoms with Crippen LogP contribution in [0, 0.1) is 11.6 Å². The Hall–Kier alpha value is -3.05. The first-order chi connectivity index (χ1) is 15.3. The molecule has 2 aliphatic rings. The first kappa shape index (κ1) is 22.2. The van der Waals surface area contributed by atoms with Gasteiger partial charge in [-0.15, -0.1) is 0 Å². The predicted molar refractivity (Wildman–Crippen MR) is 113 cm³/mol. The maximum atomic E-state index is 14.4. The molecule has 0 saturated carbocycles. The van der Waals surface area contributed by atoms with Crippen LogP contribution < -0.4 is 16.0 Å². The first-order valence-corrected chi connectivity index (χ1v) is 10.4. The zero-order chi connectivity index (χ0) is 23.0. The second-order valence-electron chi connectivity index (χ2n) is 7.72. The van der Waals surface area contributed by atoms with E-state index in [9.17, 15) is 23.5 Å². The van der Waals surface area contributed by atoms with Crippen LogP contribution in [0.5, 0.6) is 0 Å². The molecule has 0 bridgehead atoms. The van der Waals surface area contributed by atoms with E-state index in [0.717, 1.165) is 17.3 Å². The number of halogens is 3. The summed E-state index contributed by atoms with van der Waals surface area (Å²) in [5.74, 6) is -3.30. The number of likely N-dealkylation sites (tertiary alicyclic amines) is 1. The summed E-state index contributed by atoms with van der Waals surface area (Å²) in [7, 11) is 0. The van der Waals surface area contributed by atoms with Gasteiger partial charge in [0.2, 0.25) is 11.7 Å². The number of nitrogen functional groups attached to an aromatic ring is 1. The maximum absolute atomic E-state index is 14.4. The molecule has 1 aromatic carbocycles. The van der Waals surface area contributed by atoms with Crippen molar-refractivity contribution in [1.29, 1.82) is 0 Å². The van der Waals surface area contributed by atoms with Gasteiger partial charge >= 0.3 is 0 Å². The lowest BCUT2D eigenvalue weighted by Gasteiger charge is -2.43. The summed E-state index contributed by atoms with van der Waals surface area (Å²) in [6, 6.07) is 1.88. The average Bonchev–Trinajstić information content (AvgIpc) is 2.72. The van der Waals surface area contributed by atoms with Crippen molar-refractivity contribution >= 4 is 40.7 Å². The SMILES string of the molecule is Nc1ncnc(N2CCC(O)C(N3CCCC(Nc4cc(F)cc(Cl)c4)C3=O)C2=O)c1F. The molecule has 4 N–H and O–H groups in total. The van der Waals surface area contributed by atoms with E-state index < -0.39 is 47.5 Å².